The van der Waals surface area contributed by atoms with Crippen LogP contribution in [0.25, 0.3) is 0 Å². The number of methoxy groups -OCH3 is 1. The Balaban J connectivity index is 2.21. The second kappa shape index (κ2) is 6.79. The number of aliphatic hydroxyl groups excluding tert-OH is 1. The van der Waals surface area contributed by atoms with E-state index in [9.17, 15) is 9.90 Å². The van der Waals surface area contributed by atoms with Crippen LogP contribution in [0.4, 0.5) is 0 Å². The highest BCUT2D eigenvalue weighted by molar-refractivity contribution is 9.10. The van der Waals surface area contributed by atoms with E-state index in [4.69, 9.17) is 9.84 Å². The van der Waals surface area contributed by atoms with E-state index in [-0.39, 0.29) is 11.8 Å². The van der Waals surface area contributed by atoms with Crippen molar-refractivity contribution in [3.05, 3.63) is 28.2 Å². The van der Waals surface area contributed by atoms with Crippen LogP contribution in [0.2, 0.25) is 0 Å². The van der Waals surface area contributed by atoms with Gasteiger partial charge in [-0.25, -0.2) is 0 Å². The molecule has 1 unspecified atom stereocenters. The zero-order chi connectivity index (χ0) is 15.5. The molecule has 0 amide bonds. The summed E-state index contributed by atoms with van der Waals surface area (Å²) in [4.78, 5) is 11.1. The Hall–Kier alpha value is -1.07. The van der Waals surface area contributed by atoms with Crippen LogP contribution in [0.3, 0.4) is 0 Å². The summed E-state index contributed by atoms with van der Waals surface area (Å²) in [6.07, 6.45) is 3.69. The largest absolute Gasteiger partial charge is 0.496 e. The number of carbonyl (C=O) groups is 1. The topological polar surface area (TPSA) is 66.8 Å². The van der Waals surface area contributed by atoms with Crippen LogP contribution in [-0.2, 0) is 4.79 Å². The third-order valence-electron chi connectivity index (χ3n) is 4.37. The molecule has 0 saturated heterocycles. The van der Waals surface area contributed by atoms with Gasteiger partial charge in [0, 0.05) is 10.0 Å². The Kier molecular flexibility index (Phi) is 5.27. The Morgan fingerprint density at radius 1 is 1.43 bits per heavy atom. The lowest BCUT2D eigenvalue weighted by molar-refractivity contribution is -0.140. The Labute approximate surface area is 133 Å². The molecule has 1 aromatic carbocycles. The molecule has 0 aromatic heterocycles. The first kappa shape index (κ1) is 16.3. The van der Waals surface area contributed by atoms with Gasteiger partial charge in [-0.1, -0.05) is 28.8 Å². The van der Waals surface area contributed by atoms with Crippen molar-refractivity contribution in [1.82, 2.24) is 0 Å². The van der Waals surface area contributed by atoms with Gasteiger partial charge in [-0.15, -0.1) is 0 Å². The van der Waals surface area contributed by atoms with E-state index >= 15 is 0 Å². The lowest BCUT2D eigenvalue weighted by Crippen LogP contribution is -2.24. The number of hydrogen-bond donors (Lipinski definition) is 2. The van der Waals surface area contributed by atoms with Crippen molar-refractivity contribution in [3.63, 3.8) is 0 Å². The van der Waals surface area contributed by atoms with Gasteiger partial charge in [0.15, 0.2) is 0 Å². The maximum atomic E-state index is 11.1. The quantitative estimate of drug-likeness (QED) is 0.810. The number of halogens is 1. The molecule has 0 radical (unpaired) electrons. The lowest BCUT2D eigenvalue weighted by Gasteiger charge is -2.30. The number of rotatable bonds is 6. The summed E-state index contributed by atoms with van der Waals surface area (Å²) in [5.41, 5.74) is 0.419. The number of carboxylic acid groups (broad SMARTS) is 1. The van der Waals surface area contributed by atoms with Gasteiger partial charge >= 0.3 is 5.97 Å². The molecule has 0 heterocycles. The van der Waals surface area contributed by atoms with Crippen LogP contribution < -0.4 is 4.74 Å². The minimum atomic E-state index is -0.787. The molecule has 116 valence electrons. The molecular weight excluding hydrogens is 336 g/mol. The smallest absolute Gasteiger partial charge is 0.303 e. The first-order valence-corrected chi connectivity index (χ1v) is 7.98. The Bertz CT molecular complexity index is 509. The van der Waals surface area contributed by atoms with Crippen LogP contribution in [0.1, 0.15) is 50.2 Å². The maximum Gasteiger partial charge on any atom is 0.303 e. The monoisotopic (exact) mass is 356 g/mol. The number of hydrogen-bond acceptors (Lipinski definition) is 3. The highest BCUT2D eigenvalue weighted by atomic mass is 79.9. The third-order valence-corrected chi connectivity index (χ3v) is 4.86. The van der Waals surface area contributed by atoms with Crippen molar-refractivity contribution in [2.75, 3.05) is 7.11 Å². The van der Waals surface area contributed by atoms with Crippen LogP contribution in [0.15, 0.2) is 22.7 Å². The summed E-state index contributed by atoms with van der Waals surface area (Å²) in [6.45, 7) is 0. The van der Waals surface area contributed by atoms with Gasteiger partial charge in [0.05, 0.1) is 19.6 Å². The van der Waals surface area contributed by atoms with E-state index in [0.717, 1.165) is 30.2 Å². The predicted molar refractivity (Wildman–Crippen MR) is 83.4 cm³/mol. The van der Waals surface area contributed by atoms with E-state index in [2.05, 4.69) is 15.9 Å². The molecule has 4 nitrogen and oxygen atoms in total. The zero-order valence-electron chi connectivity index (χ0n) is 12.1. The van der Waals surface area contributed by atoms with Gasteiger partial charge in [0.1, 0.15) is 5.75 Å². The minimum Gasteiger partial charge on any atom is -0.496 e. The maximum absolute atomic E-state index is 11.1. The first-order valence-electron chi connectivity index (χ1n) is 7.19. The molecule has 2 N–H and O–H groups in total. The van der Waals surface area contributed by atoms with Crippen LogP contribution in [0.5, 0.6) is 5.75 Å². The van der Waals surface area contributed by atoms with Gasteiger partial charge < -0.3 is 14.9 Å². The van der Waals surface area contributed by atoms with E-state index in [1.807, 2.05) is 12.1 Å². The van der Waals surface area contributed by atoms with Gasteiger partial charge in [-0.2, -0.15) is 0 Å². The molecule has 0 bridgehead atoms. The van der Waals surface area contributed by atoms with Gasteiger partial charge in [0.2, 0.25) is 0 Å². The highest BCUT2D eigenvalue weighted by Gasteiger charge is 2.38. The van der Waals surface area contributed by atoms with E-state index in [1.54, 1.807) is 13.2 Å². The van der Waals surface area contributed by atoms with E-state index < -0.39 is 12.1 Å². The summed E-state index contributed by atoms with van der Waals surface area (Å²) in [7, 11) is 1.57. The first-order chi connectivity index (χ1) is 9.96. The van der Waals surface area contributed by atoms with Crippen molar-refractivity contribution in [2.45, 2.75) is 44.6 Å². The standard InChI is InChI=1S/C16H21BrO4/c1-21-14-5-4-11(17)8-12(14)13(18)9-16(10-15(19)20)6-2-3-7-16/h4-5,8,13,18H,2-3,6-7,9-10H2,1H3,(H,19,20). The van der Waals surface area contributed by atoms with Gasteiger partial charge in [-0.3, -0.25) is 4.79 Å². The fourth-order valence-electron chi connectivity index (χ4n) is 3.38. The van der Waals surface area contributed by atoms with Crippen molar-refractivity contribution in [2.24, 2.45) is 5.41 Å². The van der Waals surface area contributed by atoms with E-state index in [1.165, 1.54) is 0 Å². The molecule has 1 aliphatic carbocycles. The van der Waals surface area contributed by atoms with Crippen molar-refractivity contribution >= 4 is 21.9 Å². The lowest BCUT2D eigenvalue weighted by atomic mass is 9.76. The molecule has 21 heavy (non-hydrogen) atoms. The summed E-state index contributed by atoms with van der Waals surface area (Å²) >= 11 is 3.40. The van der Waals surface area contributed by atoms with Crippen molar-refractivity contribution < 1.29 is 19.7 Å². The zero-order valence-corrected chi connectivity index (χ0v) is 13.7. The second-order valence-electron chi connectivity index (χ2n) is 5.88. The predicted octanol–water partition coefficient (Wildman–Crippen LogP) is 3.92. The molecule has 1 aromatic rings. The molecule has 1 saturated carbocycles. The summed E-state index contributed by atoms with van der Waals surface area (Å²) in [6, 6.07) is 5.51. The molecule has 5 heteroatoms. The fourth-order valence-corrected chi connectivity index (χ4v) is 3.76. The molecule has 0 spiro atoms. The van der Waals surface area contributed by atoms with Gasteiger partial charge in [-0.05, 0) is 42.9 Å². The molecule has 1 atom stereocenters. The van der Waals surface area contributed by atoms with Crippen LogP contribution in [-0.4, -0.2) is 23.3 Å². The summed E-state index contributed by atoms with van der Waals surface area (Å²) in [5, 5.41) is 19.8. The van der Waals surface area contributed by atoms with Crippen molar-refractivity contribution in [1.29, 1.82) is 0 Å². The number of aliphatic carboxylic acids is 1. The van der Waals surface area contributed by atoms with E-state index in [0.29, 0.717) is 17.7 Å². The number of ether oxygens (including phenoxy) is 1. The summed E-state index contributed by atoms with van der Waals surface area (Å²) < 4.78 is 6.17. The molecule has 1 aliphatic rings. The van der Waals surface area contributed by atoms with Gasteiger partial charge in [0.25, 0.3) is 0 Å². The second-order valence-corrected chi connectivity index (χ2v) is 6.80. The minimum absolute atomic E-state index is 0.125. The molecule has 1 fully saturated rings. The Morgan fingerprint density at radius 2 is 2.10 bits per heavy atom. The normalized spacial score (nSPS) is 18.4. The number of carboxylic acids is 1. The fraction of sp³-hybridized carbons (Fsp3) is 0.562. The molecule has 0 aliphatic heterocycles. The third kappa shape index (κ3) is 3.98. The van der Waals surface area contributed by atoms with Crippen LogP contribution in [0, 0.1) is 5.41 Å². The molecular formula is C16H21BrO4. The number of benzene rings is 1. The average Bonchev–Trinajstić information content (AvgIpc) is 2.85. The van der Waals surface area contributed by atoms with Crippen molar-refractivity contribution in [3.8, 4) is 5.75 Å². The SMILES string of the molecule is COc1ccc(Br)cc1C(O)CC1(CC(=O)O)CCCC1. The average molecular weight is 357 g/mol. The Morgan fingerprint density at radius 3 is 2.67 bits per heavy atom. The summed E-state index contributed by atoms with van der Waals surface area (Å²) in [5.74, 6) is -0.153. The number of aliphatic hydroxyl groups is 1. The van der Waals surface area contributed by atoms with Crippen LogP contribution >= 0.6 is 15.9 Å². The highest BCUT2D eigenvalue weighted by Crippen LogP contribution is 2.48. The molecule has 2 rings (SSSR count).